The molecule has 0 atom stereocenters. The van der Waals surface area contributed by atoms with Gasteiger partial charge in [-0.05, 0) is 81.5 Å². The first kappa shape index (κ1) is 35.1. The average molecular weight is 655 g/mol. The maximum atomic E-state index is 13.7. The molecule has 43 heavy (non-hydrogen) atoms. The SMILES string of the molecule is C=C1CN(S(=O)(=O)c2ccc(C)cc2)CCCN(CC2CCCCC2)CCCN(S(=O)(=O)c2ccc([N+](=O)[O-])cc2)C1.Cl. The first-order valence-electron chi connectivity index (χ1n) is 14.7. The largest absolute Gasteiger partial charge is 0.303 e. The number of nitro groups is 1. The molecule has 0 bridgehead atoms. The molecule has 13 heteroatoms. The number of nitrogens with zero attached hydrogens (tertiary/aromatic N) is 4. The number of hydrogen-bond acceptors (Lipinski definition) is 7. The Morgan fingerprint density at radius 2 is 1.23 bits per heavy atom. The van der Waals surface area contributed by atoms with Crippen LogP contribution in [0.1, 0.15) is 50.5 Å². The molecule has 2 aromatic carbocycles. The van der Waals surface area contributed by atoms with Crippen molar-refractivity contribution in [2.45, 2.75) is 61.7 Å². The van der Waals surface area contributed by atoms with Crippen molar-refractivity contribution in [2.75, 3.05) is 45.8 Å². The Morgan fingerprint density at radius 1 is 0.767 bits per heavy atom. The van der Waals surface area contributed by atoms with Crippen LogP contribution < -0.4 is 0 Å². The first-order chi connectivity index (χ1) is 20.0. The lowest BCUT2D eigenvalue weighted by atomic mass is 9.89. The van der Waals surface area contributed by atoms with Crippen LogP contribution in [0.4, 0.5) is 5.69 Å². The molecule has 10 nitrogen and oxygen atoms in total. The minimum atomic E-state index is -4.02. The maximum absolute atomic E-state index is 13.7. The van der Waals surface area contributed by atoms with Gasteiger partial charge >= 0.3 is 0 Å². The highest BCUT2D eigenvalue weighted by Gasteiger charge is 2.30. The van der Waals surface area contributed by atoms with Crippen LogP contribution in [0.2, 0.25) is 0 Å². The zero-order valence-corrected chi connectivity index (χ0v) is 27.2. The van der Waals surface area contributed by atoms with Gasteiger partial charge in [-0.1, -0.05) is 43.5 Å². The minimum Gasteiger partial charge on any atom is -0.303 e. The fourth-order valence-electron chi connectivity index (χ4n) is 5.84. The lowest BCUT2D eigenvalue weighted by molar-refractivity contribution is -0.384. The van der Waals surface area contributed by atoms with Gasteiger partial charge in [-0.2, -0.15) is 8.61 Å². The van der Waals surface area contributed by atoms with Crippen LogP contribution in [0, 0.1) is 23.0 Å². The van der Waals surface area contributed by atoms with Gasteiger partial charge in [0.1, 0.15) is 0 Å². The number of hydrogen-bond donors (Lipinski definition) is 0. The molecule has 0 unspecified atom stereocenters. The van der Waals surface area contributed by atoms with Gasteiger partial charge in [0.05, 0.1) is 14.7 Å². The molecule has 2 aliphatic rings. The van der Waals surface area contributed by atoms with Crippen LogP contribution in [0.15, 0.2) is 70.5 Å². The van der Waals surface area contributed by atoms with E-state index in [9.17, 15) is 26.9 Å². The van der Waals surface area contributed by atoms with Gasteiger partial charge in [-0.15, -0.1) is 12.4 Å². The van der Waals surface area contributed by atoms with Crippen LogP contribution in [0.5, 0.6) is 0 Å². The first-order valence-corrected chi connectivity index (χ1v) is 17.6. The second-order valence-electron chi connectivity index (χ2n) is 11.5. The second-order valence-corrected chi connectivity index (χ2v) is 15.4. The molecule has 1 aliphatic heterocycles. The molecule has 0 aromatic heterocycles. The number of rotatable bonds is 7. The molecular formula is C30H43ClN4O6S2. The van der Waals surface area contributed by atoms with E-state index in [1.165, 1.54) is 65.0 Å². The number of nitro benzene ring substituents is 1. The Morgan fingerprint density at radius 3 is 1.70 bits per heavy atom. The van der Waals surface area contributed by atoms with E-state index < -0.39 is 25.0 Å². The van der Waals surface area contributed by atoms with Gasteiger partial charge < -0.3 is 4.90 Å². The topological polar surface area (TPSA) is 121 Å². The summed E-state index contributed by atoms with van der Waals surface area (Å²) in [5.74, 6) is 0.596. The summed E-state index contributed by atoms with van der Waals surface area (Å²) in [6, 6.07) is 11.6. The third-order valence-corrected chi connectivity index (χ3v) is 11.9. The van der Waals surface area contributed by atoms with Crippen molar-refractivity contribution in [3.05, 3.63) is 76.4 Å². The Bertz CT molecular complexity index is 1440. The maximum Gasteiger partial charge on any atom is 0.269 e. The predicted octanol–water partition coefficient (Wildman–Crippen LogP) is 5.24. The lowest BCUT2D eigenvalue weighted by Gasteiger charge is -2.33. The van der Waals surface area contributed by atoms with Gasteiger partial charge in [-0.3, -0.25) is 10.1 Å². The van der Waals surface area contributed by atoms with E-state index in [0.29, 0.717) is 37.4 Å². The molecule has 2 aromatic rings. The molecule has 0 N–H and O–H groups in total. The summed E-state index contributed by atoms with van der Waals surface area (Å²) >= 11 is 0. The zero-order chi connectivity index (χ0) is 30.3. The Labute approximate surface area is 262 Å². The van der Waals surface area contributed by atoms with E-state index in [4.69, 9.17) is 0 Å². The van der Waals surface area contributed by atoms with E-state index in [2.05, 4.69) is 11.5 Å². The molecule has 0 amide bonds. The van der Waals surface area contributed by atoms with E-state index in [0.717, 1.165) is 18.7 Å². The minimum absolute atomic E-state index is 0. The van der Waals surface area contributed by atoms with Gasteiger partial charge in [0.2, 0.25) is 20.0 Å². The quantitative estimate of drug-likeness (QED) is 0.227. The summed E-state index contributed by atoms with van der Waals surface area (Å²) in [4.78, 5) is 13.0. The number of benzene rings is 2. The van der Waals surface area contributed by atoms with Crippen molar-refractivity contribution in [3.8, 4) is 0 Å². The smallest absolute Gasteiger partial charge is 0.269 e. The van der Waals surface area contributed by atoms with Gasteiger partial charge in [0.25, 0.3) is 5.69 Å². The van der Waals surface area contributed by atoms with Crippen molar-refractivity contribution < 1.29 is 21.8 Å². The number of aryl methyl sites for hydroxylation is 1. The van der Waals surface area contributed by atoms with E-state index in [1.807, 2.05) is 6.92 Å². The van der Waals surface area contributed by atoms with Crippen LogP contribution >= 0.6 is 12.4 Å². The predicted molar refractivity (Wildman–Crippen MR) is 170 cm³/mol. The number of sulfonamides is 2. The highest BCUT2D eigenvalue weighted by atomic mass is 35.5. The van der Waals surface area contributed by atoms with Crippen LogP contribution in [-0.4, -0.2) is 81.1 Å². The van der Waals surface area contributed by atoms with Gasteiger partial charge in [-0.25, -0.2) is 16.8 Å². The summed E-state index contributed by atoms with van der Waals surface area (Å²) in [6.45, 7) is 8.79. The van der Waals surface area contributed by atoms with Crippen molar-refractivity contribution >= 4 is 38.1 Å². The van der Waals surface area contributed by atoms with Crippen LogP contribution in [0.25, 0.3) is 0 Å². The highest BCUT2D eigenvalue weighted by Crippen LogP contribution is 2.26. The van der Waals surface area contributed by atoms with Crippen molar-refractivity contribution in [3.63, 3.8) is 0 Å². The highest BCUT2D eigenvalue weighted by molar-refractivity contribution is 7.89. The third kappa shape index (κ3) is 9.32. The number of halogens is 1. The fraction of sp³-hybridized carbons (Fsp3) is 0.533. The van der Waals surface area contributed by atoms with Crippen molar-refractivity contribution in [1.29, 1.82) is 0 Å². The summed E-state index contributed by atoms with van der Waals surface area (Å²) in [6.07, 6.45) is 7.36. The molecule has 1 heterocycles. The Hall–Kier alpha value is -2.35. The molecule has 4 rings (SSSR count). The summed E-state index contributed by atoms with van der Waals surface area (Å²) < 4.78 is 57.7. The van der Waals surface area contributed by atoms with Crippen LogP contribution in [0.3, 0.4) is 0 Å². The normalized spacial score (nSPS) is 19.6. The fourth-order valence-corrected chi connectivity index (χ4v) is 8.84. The molecular weight excluding hydrogens is 612 g/mol. The van der Waals surface area contributed by atoms with Gasteiger partial charge in [0.15, 0.2) is 0 Å². The molecule has 1 aliphatic carbocycles. The molecule has 2 fully saturated rings. The van der Waals surface area contributed by atoms with Crippen molar-refractivity contribution in [2.24, 2.45) is 5.92 Å². The summed E-state index contributed by atoms with van der Waals surface area (Å²) in [5.41, 5.74) is 1.22. The van der Waals surface area contributed by atoms with Gasteiger partial charge in [0, 0.05) is 44.9 Å². The molecule has 0 radical (unpaired) electrons. The van der Waals surface area contributed by atoms with Crippen LogP contribution in [-0.2, 0) is 20.0 Å². The molecule has 1 saturated heterocycles. The monoisotopic (exact) mass is 654 g/mol. The molecule has 238 valence electrons. The standard InChI is InChI=1S/C30H42N4O6S2.ClH/c1-25-10-14-29(15-11-25)41(37,38)32-20-6-18-31(24-27-8-4-3-5-9-27)19-7-21-33(23-26(2)22-32)42(39,40)30-16-12-28(13-17-30)34(35)36;/h10-17,27H,2-9,18-24H2,1H3;1H. The Balaban J connectivity index is 0.00000506. The van der Waals surface area contributed by atoms with E-state index >= 15 is 0 Å². The van der Waals surface area contributed by atoms with E-state index in [1.54, 1.807) is 24.3 Å². The molecule has 1 saturated carbocycles. The number of non-ortho nitro benzene ring substituents is 1. The summed E-state index contributed by atoms with van der Waals surface area (Å²) in [7, 11) is -7.86. The van der Waals surface area contributed by atoms with Crippen molar-refractivity contribution in [1.82, 2.24) is 13.5 Å². The zero-order valence-electron chi connectivity index (χ0n) is 24.8. The molecule has 0 spiro atoms. The summed E-state index contributed by atoms with van der Waals surface area (Å²) in [5, 5.41) is 11.1. The third-order valence-electron chi connectivity index (χ3n) is 8.15. The average Bonchev–Trinajstić information content (AvgIpc) is 2.96. The lowest BCUT2D eigenvalue weighted by Crippen LogP contribution is -2.42. The second kappa shape index (κ2) is 15.6. The Kier molecular flexibility index (Phi) is 12.7. The van der Waals surface area contributed by atoms with E-state index in [-0.39, 0.29) is 47.5 Å².